The first-order chi connectivity index (χ1) is 23.9. The number of pyridine rings is 1. The van der Waals surface area contributed by atoms with Crippen LogP contribution in [0.1, 0.15) is 40.9 Å². The van der Waals surface area contributed by atoms with Crippen molar-refractivity contribution in [2.24, 2.45) is 7.05 Å². The lowest BCUT2D eigenvalue weighted by Crippen LogP contribution is -2.54. The van der Waals surface area contributed by atoms with E-state index in [4.69, 9.17) is 9.47 Å². The zero-order chi connectivity index (χ0) is 37.4. The summed E-state index contributed by atoms with van der Waals surface area (Å²) in [7, 11) is 1.28. The number of nitrogens with zero attached hydrogens (tertiary/aromatic N) is 4. The first-order valence-electron chi connectivity index (χ1n) is 15.7. The number of aryl methyl sites for hydroxylation is 2. The van der Waals surface area contributed by atoms with Gasteiger partial charge in [-0.2, -0.15) is 13.2 Å². The number of amides is 1. The second-order valence-electron chi connectivity index (χ2n) is 12.1. The van der Waals surface area contributed by atoms with Crippen molar-refractivity contribution in [3.8, 4) is 5.69 Å². The average Bonchev–Trinajstić information content (AvgIpc) is 3.06. The first-order valence-corrected chi connectivity index (χ1v) is 15.7. The number of nitrogens with one attached hydrogen (secondary N) is 1. The Bertz CT molecular complexity index is 2090. The number of carbonyl (C=O) groups excluding carboxylic acids is 2. The normalized spacial score (nSPS) is 15.9. The van der Waals surface area contributed by atoms with Crippen molar-refractivity contribution < 1.29 is 45.4 Å². The van der Waals surface area contributed by atoms with E-state index in [1.165, 1.54) is 50.3 Å². The van der Waals surface area contributed by atoms with E-state index in [0.717, 1.165) is 22.8 Å². The number of carbonyl (C=O) groups is 2. The Balaban J connectivity index is 1.49. The van der Waals surface area contributed by atoms with Crippen molar-refractivity contribution in [1.29, 1.82) is 0 Å². The van der Waals surface area contributed by atoms with E-state index < -0.39 is 76.4 Å². The molecule has 0 saturated carbocycles. The Morgan fingerprint density at radius 1 is 1.12 bits per heavy atom. The highest BCUT2D eigenvalue weighted by Crippen LogP contribution is 2.35. The molecule has 4 aromatic rings. The highest BCUT2D eigenvalue weighted by atomic mass is 19.4. The molecule has 11 nitrogen and oxygen atoms in total. The molecular weight excluding hydrogens is 688 g/mol. The lowest BCUT2D eigenvalue weighted by molar-refractivity contribution is -0.145. The maximum Gasteiger partial charge on any atom is 0.418 e. The van der Waals surface area contributed by atoms with E-state index in [1.807, 2.05) is 0 Å². The fraction of sp³-hybridized carbons (Fsp3) is 0.382. The summed E-state index contributed by atoms with van der Waals surface area (Å²) in [4.78, 5) is 57.9. The van der Waals surface area contributed by atoms with Crippen LogP contribution in [-0.2, 0) is 33.9 Å². The fourth-order valence-corrected chi connectivity index (χ4v) is 6.05. The molecule has 2 aromatic carbocycles. The molecule has 5 rings (SSSR count). The number of hydrogen-bond acceptors (Lipinski definition) is 8. The molecule has 0 unspecified atom stereocenters. The van der Waals surface area contributed by atoms with Crippen LogP contribution in [0.15, 0.2) is 58.4 Å². The maximum absolute atomic E-state index is 15.5. The van der Waals surface area contributed by atoms with Gasteiger partial charge in [0.05, 0.1) is 53.7 Å². The minimum absolute atomic E-state index is 0.0315. The van der Waals surface area contributed by atoms with Crippen LogP contribution in [0.4, 0.5) is 32.0 Å². The number of aromatic nitrogens is 3. The quantitative estimate of drug-likeness (QED) is 0.200. The van der Waals surface area contributed by atoms with Crippen molar-refractivity contribution in [2.75, 3.05) is 31.3 Å². The van der Waals surface area contributed by atoms with Gasteiger partial charge in [0.25, 0.3) is 17.4 Å². The van der Waals surface area contributed by atoms with Crippen molar-refractivity contribution in [2.45, 2.75) is 51.4 Å². The standard InChI is InChI=1S/C34H33F6N5O6/c1-5-51-31(48)24(42-29(46)28-18(2)12-20(15-23(28)35)44-10-11-50-17-27(44)33(3,36)37)14-19-6-7-25(22(13-19)34(38,39)40)45-30(47)21-8-9-41-16-26(21)43(4)32(45)49/h6-9,12-13,15-16,24,27H,5,10-11,14,17H2,1-4H3,(H,42,46)/t24-,27+/m0/s1. The zero-order valence-corrected chi connectivity index (χ0v) is 27.8. The summed E-state index contributed by atoms with van der Waals surface area (Å²) in [5, 5.41) is 2.27. The molecule has 1 amide bonds. The van der Waals surface area contributed by atoms with E-state index >= 15 is 4.39 Å². The van der Waals surface area contributed by atoms with Gasteiger partial charge in [0.15, 0.2) is 0 Å². The predicted molar refractivity (Wildman–Crippen MR) is 173 cm³/mol. The molecule has 17 heteroatoms. The highest BCUT2D eigenvalue weighted by Gasteiger charge is 2.41. The number of rotatable bonds is 9. The monoisotopic (exact) mass is 721 g/mol. The summed E-state index contributed by atoms with van der Waals surface area (Å²) in [6.45, 7) is 3.22. The number of esters is 1. The number of halogens is 6. The third-order valence-corrected chi connectivity index (χ3v) is 8.54. The van der Waals surface area contributed by atoms with Crippen LogP contribution < -0.4 is 21.5 Å². The third kappa shape index (κ3) is 7.48. The smallest absolute Gasteiger partial charge is 0.418 e. The van der Waals surface area contributed by atoms with Gasteiger partial charge in [0.2, 0.25) is 0 Å². The van der Waals surface area contributed by atoms with Crippen molar-refractivity contribution in [3.63, 3.8) is 0 Å². The van der Waals surface area contributed by atoms with Crippen LogP contribution in [0.2, 0.25) is 0 Å². The Labute approximate surface area is 286 Å². The van der Waals surface area contributed by atoms with Crippen LogP contribution in [0.25, 0.3) is 16.6 Å². The Kier molecular flexibility index (Phi) is 10.3. The number of ether oxygens (including phenoxy) is 2. The van der Waals surface area contributed by atoms with E-state index in [2.05, 4.69) is 10.3 Å². The SMILES string of the molecule is CCOC(=O)[C@H](Cc1ccc(-n2c(=O)c3ccncc3n(C)c2=O)c(C(F)(F)F)c1)NC(=O)c1c(C)cc(N2CCOC[C@@H]2C(C)(F)F)cc1F. The van der Waals surface area contributed by atoms with Crippen molar-refractivity contribution >= 4 is 28.5 Å². The van der Waals surface area contributed by atoms with Crippen molar-refractivity contribution in [3.05, 3.63) is 97.7 Å². The molecule has 0 bridgehead atoms. The molecule has 0 radical (unpaired) electrons. The summed E-state index contributed by atoms with van der Waals surface area (Å²) in [5.41, 5.74) is -4.66. The molecule has 0 aliphatic carbocycles. The fourth-order valence-electron chi connectivity index (χ4n) is 6.05. The molecular formula is C34H33F6N5O6. The molecule has 1 aliphatic rings. The van der Waals surface area contributed by atoms with Gasteiger partial charge >= 0.3 is 17.8 Å². The first kappa shape index (κ1) is 37.1. The van der Waals surface area contributed by atoms with E-state index in [-0.39, 0.29) is 54.1 Å². The summed E-state index contributed by atoms with van der Waals surface area (Å²) in [6, 6.07) is 3.19. The summed E-state index contributed by atoms with van der Waals surface area (Å²) >= 11 is 0. The largest absolute Gasteiger partial charge is 0.464 e. The Morgan fingerprint density at radius 2 is 1.84 bits per heavy atom. The number of benzene rings is 2. The van der Waals surface area contributed by atoms with Gasteiger partial charge in [-0.15, -0.1) is 0 Å². The lowest BCUT2D eigenvalue weighted by atomic mass is 10.00. The number of alkyl halides is 5. The van der Waals surface area contributed by atoms with E-state index in [1.54, 1.807) is 0 Å². The molecule has 2 atom stereocenters. The average molecular weight is 722 g/mol. The molecule has 272 valence electrons. The summed E-state index contributed by atoms with van der Waals surface area (Å²) in [5.74, 6) is -6.43. The molecule has 1 aliphatic heterocycles. The topological polar surface area (TPSA) is 125 Å². The predicted octanol–water partition coefficient (Wildman–Crippen LogP) is 4.32. The molecule has 0 spiro atoms. The third-order valence-electron chi connectivity index (χ3n) is 8.54. The minimum atomic E-state index is -5.09. The Morgan fingerprint density at radius 3 is 2.49 bits per heavy atom. The Hall–Kier alpha value is -5.19. The number of hydrogen-bond donors (Lipinski definition) is 1. The number of fused-ring (bicyclic) bond motifs is 1. The van der Waals surface area contributed by atoms with Crippen molar-refractivity contribution in [1.82, 2.24) is 19.4 Å². The summed E-state index contributed by atoms with van der Waals surface area (Å²) in [6.07, 6.45) is -3.17. The van der Waals surface area contributed by atoms with Gasteiger partial charge in [0.1, 0.15) is 17.9 Å². The number of morpholine rings is 1. The molecule has 51 heavy (non-hydrogen) atoms. The molecule has 1 saturated heterocycles. The van der Waals surface area contributed by atoms with E-state index in [9.17, 15) is 41.1 Å². The molecule has 3 heterocycles. The van der Waals surface area contributed by atoms with Gasteiger partial charge in [-0.25, -0.2) is 27.3 Å². The van der Waals surface area contributed by atoms with Crippen LogP contribution >= 0.6 is 0 Å². The van der Waals surface area contributed by atoms with E-state index in [0.29, 0.717) is 17.6 Å². The van der Waals surface area contributed by atoms with Crippen LogP contribution in [0, 0.1) is 12.7 Å². The van der Waals surface area contributed by atoms with Crippen LogP contribution in [0.3, 0.4) is 0 Å². The molecule has 1 N–H and O–H groups in total. The van der Waals surface area contributed by atoms with Gasteiger partial charge in [0, 0.05) is 38.8 Å². The maximum atomic E-state index is 15.5. The lowest BCUT2D eigenvalue weighted by Gasteiger charge is -2.40. The van der Waals surface area contributed by atoms with Gasteiger partial charge in [-0.3, -0.25) is 19.1 Å². The van der Waals surface area contributed by atoms with Gasteiger partial charge < -0.3 is 19.7 Å². The highest BCUT2D eigenvalue weighted by molar-refractivity contribution is 5.98. The number of anilines is 1. The second-order valence-corrected chi connectivity index (χ2v) is 12.1. The van der Waals surface area contributed by atoms with Crippen LogP contribution in [-0.4, -0.2) is 70.4 Å². The van der Waals surface area contributed by atoms with Crippen LogP contribution in [0.5, 0.6) is 0 Å². The van der Waals surface area contributed by atoms with Gasteiger partial charge in [-0.05, 0) is 55.3 Å². The second kappa shape index (κ2) is 14.2. The van der Waals surface area contributed by atoms with Gasteiger partial charge in [-0.1, -0.05) is 6.07 Å². The zero-order valence-electron chi connectivity index (χ0n) is 27.8. The summed E-state index contributed by atoms with van der Waals surface area (Å²) < 4.78 is 99.2. The molecule has 2 aromatic heterocycles. The minimum Gasteiger partial charge on any atom is -0.464 e. The molecule has 1 fully saturated rings.